The largest absolute Gasteiger partial charge is 0.454 e. The number of anilines is 1. The summed E-state index contributed by atoms with van der Waals surface area (Å²) >= 11 is 0. The van der Waals surface area contributed by atoms with E-state index >= 15 is 0 Å². The SMILES string of the molecule is COCCCNC(=O)CNc1ccc2c(c1)OCO2. The number of ether oxygens (including phenoxy) is 3. The van der Waals surface area contributed by atoms with Crippen molar-refractivity contribution in [3.8, 4) is 11.5 Å². The Morgan fingerprint density at radius 3 is 3.05 bits per heavy atom. The monoisotopic (exact) mass is 266 g/mol. The minimum Gasteiger partial charge on any atom is -0.454 e. The average Bonchev–Trinajstić information content (AvgIpc) is 2.89. The molecule has 0 spiro atoms. The highest BCUT2D eigenvalue weighted by Gasteiger charge is 2.13. The third-order valence-corrected chi connectivity index (χ3v) is 2.67. The zero-order valence-electron chi connectivity index (χ0n) is 10.9. The van der Waals surface area contributed by atoms with Crippen molar-refractivity contribution in [2.45, 2.75) is 6.42 Å². The van der Waals surface area contributed by atoms with Gasteiger partial charge in [0.15, 0.2) is 11.5 Å². The van der Waals surface area contributed by atoms with Crippen molar-refractivity contribution in [1.82, 2.24) is 5.32 Å². The van der Waals surface area contributed by atoms with E-state index in [9.17, 15) is 4.79 Å². The van der Waals surface area contributed by atoms with Gasteiger partial charge in [0, 0.05) is 32.0 Å². The average molecular weight is 266 g/mol. The summed E-state index contributed by atoms with van der Waals surface area (Å²) < 4.78 is 15.4. The summed E-state index contributed by atoms with van der Waals surface area (Å²) in [5.41, 5.74) is 0.830. The Morgan fingerprint density at radius 1 is 1.37 bits per heavy atom. The first-order valence-corrected chi connectivity index (χ1v) is 6.19. The summed E-state index contributed by atoms with van der Waals surface area (Å²) in [6.07, 6.45) is 0.812. The Kier molecular flexibility index (Phi) is 4.85. The minimum atomic E-state index is -0.0474. The molecule has 19 heavy (non-hydrogen) atoms. The topological polar surface area (TPSA) is 68.8 Å². The van der Waals surface area contributed by atoms with E-state index in [4.69, 9.17) is 14.2 Å². The molecule has 0 aliphatic carbocycles. The lowest BCUT2D eigenvalue weighted by molar-refractivity contribution is -0.119. The Labute approximate surface area is 112 Å². The number of hydrogen-bond donors (Lipinski definition) is 2. The summed E-state index contributed by atoms with van der Waals surface area (Å²) in [6, 6.07) is 5.49. The Morgan fingerprint density at radius 2 is 2.21 bits per heavy atom. The Hall–Kier alpha value is -1.95. The maximum atomic E-state index is 11.5. The maximum Gasteiger partial charge on any atom is 0.239 e. The van der Waals surface area contributed by atoms with Crippen LogP contribution in [0.15, 0.2) is 18.2 Å². The number of amides is 1. The fourth-order valence-electron chi connectivity index (χ4n) is 1.70. The van der Waals surface area contributed by atoms with Gasteiger partial charge >= 0.3 is 0 Å². The van der Waals surface area contributed by atoms with Gasteiger partial charge in [-0.25, -0.2) is 0 Å². The van der Waals surface area contributed by atoms with Gasteiger partial charge < -0.3 is 24.8 Å². The molecular weight excluding hydrogens is 248 g/mol. The fourth-order valence-corrected chi connectivity index (χ4v) is 1.70. The highest BCUT2D eigenvalue weighted by Crippen LogP contribution is 2.33. The molecule has 0 unspecified atom stereocenters. The van der Waals surface area contributed by atoms with Crippen molar-refractivity contribution in [3.05, 3.63) is 18.2 Å². The van der Waals surface area contributed by atoms with Crippen molar-refractivity contribution >= 4 is 11.6 Å². The Balaban J connectivity index is 1.71. The van der Waals surface area contributed by atoms with Crippen molar-refractivity contribution in [3.63, 3.8) is 0 Å². The predicted octanol–water partition coefficient (Wildman–Crippen LogP) is 0.980. The summed E-state index contributed by atoms with van der Waals surface area (Å²) in [6.45, 7) is 1.75. The quantitative estimate of drug-likeness (QED) is 0.720. The number of benzene rings is 1. The summed E-state index contributed by atoms with van der Waals surface area (Å²) in [5.74, 6) is 1.38. The molecule has 0 radical (unpaired) electrons. The molecule has 1 aliphatic rings. The molecule has 104 valence electrons. The van der Waals surface area contributed by atoms with Crippen LogP contribution in [0.3, 0.4) is 0 Å². The molecule has 1 amide bonds. The van der Waals surface area contributed by atoms with Gasteiger partial charge in [0.1, 0.15) is 0 Å². The van der Waals surface area contributed by atoms with Crippen LogP contribution in [0.1, 0.15) is 6.42 Å². The van der Waals surface area contributed by atoms with E-state index in [-0.39, 0.29) is 19.2 Å². The van der Waals surface area contributed by atoms with Gasteiger partial charge in [0.2, 0.25) is 12.7 Å². The number of methoxy groups -OCH3 is 1. The van der Waals surface area contributed by atoms with Gasteiger partial charge in [0.25, 0.3) is 0 Å². The lowest BCUT2D eigenvalue weighted by atomic mass is 10.3. The van der Waals surface area contributed by atoms with Crippen LogP contribution in [-0.4, -0.2) is 39.5 Å². The summed E-state index contributed by atoms with van der Waals surface area (Å²) in [7, 11) is 1.64. The van der Waals surface area contributed by atoms with E-state index in [1.54, 1.807) is 7.11 Å². The predicted molar refractivity (Wildman–Crippen MR) is 70.6 cm³/mol. The van der Waals surface area contributed by atoms with Crippen LogP contribution >= 0.6 is 0 Å². The second kappa shape index (κ2) is 6.84. The first-order chi connectivity index (χ1) is 9.29. The number of nitrogens with one attached hydrogen (secondary N) is 2. The van der Waals surface area contributed by atoms with E-state index < -0.39 is 0 Å². The van der Waals surface area contributed by atoms with Crippen molar-refractivity contribution < 1.29 is 19.0 Å². The van der Waals surface area contributed by atoms with Crippen molar-refractivity contribution in [1.29, 1.82) is 0 Å². The molecule has 1 aliphatic heterocycles. The molecule has 0 aromatic heterocycles. The number of carbonyl (C=O) groups excluding carboxylic acids is 1. The van der Waals surface area contributed by atoms with E-state index in [1.807, 2.05) is 18.2 Å². The molecule has 1 aromatic rings. The van der Waals surface area contributed by atoms with E-state index in [0.29, 0.717) is 18.9 Å². The highest BCUT2D eigenvalue weighted by atomic mass is 16.7. The van der Waals surface area contributed by atoms with E-state index in [0.717, 1.165) is 17.9 Å². The zero-order chi connectivity index (χ0) is 13.5. The zero-order valence-corrected chi connectivity index (χ0v) is 10.9. The van der Waals surface area contributed by atoms with Crippen LogP contribution in [0.25, 0.3) is 0 Å². The van der Waals surface area contributed by atoms with Gasteiger partial charge in [-0.1, -0.05) is 0 Å². The molecule has 0 saturated heterocycles. The van der Waals surface area contributed by atoms with Gasteiger partial charge in [0.05, 0.1) is 6.54 Å². The smallest absolute Gasteiger partial charge is 0.239 e. The first-order valence-electron chi connectivity index (χ1n) is 6.19. The second-order valence-electron chi connectivity index (χ2n) is 4.12. The third-order valence-electron chi connectivity index (χ3n) is 2.67. The first kappa shape index (κ1) is 13.5. The van der Waals surface area contributed by atoms with Crippen LogP contribution in [0, 0.1) is 0 Å². The number of rotatable bonds is 7. The highest BCUT2D eigenvalue weighted by molar-refractivity contribution is 5.80. The van der Waals surface area contributed by atoms with Gasteiger partial charge in [-0.15, -0.1) is 0 Å². The maximum absolute atomic E-state index is 11.5. The van der Waals surface area contributed by atoms with E-state index in [1.165, 1.54) is 0 Å². The molecule has 0 bridgehead atoms. The molecule has 1 aromatic carbocycles. The molecule has 1 heterocycles. The summed E-state index contributed by atoms with van der Waals surface area (Å²) in [5, 5.41) is 5.84. The summed E-state index contributed by atoms with van der Waals surface area (Å²) in [4.78, 5) is 11.5. The van der Waals surface area contributed by atoms with Crippen LogP contribution in [0.5, 0.6) is 11.5 Å². The van der Waals surface area contributed by atoms with Crippen LogP contribution in [-0.2, 0) is 9.53 Å². The van der Waals surface area contributed by atoms with Crippen LogP contribution < -0.4 is 20.1 Å². The Bertz CT molecular complexity index is 437. The lowest BCUT2D eigenvalue weighted by Crippen LogP contribution is -2.31. The second-order valence-corrected chi connectivity index (χ2v) is 4.12. The lowest BCUT2D eigenvalue weighted by Gasteiger charge is -2.08. The fraction of sp³-hybridized carbons (Fsp3) is 0.462. The van der Waals surface area contributed by atoms with Crippen molar-refractivity contribution in [2.75, 3.05) is 38.9 Å². The van der Waals surface area contributed by atoms with E-state index in [2.05, 4.69) is 10.6 Å². The molecule has 0 atom stereocenters. The number of hydrogen-bond acceptors (Lipinski definition) is 5. The van der Waals surface area contributed by atoms with Gasteiger partial charge in [-0.2, -0.15) is 0 Å². The standard InChI is InChI=1S/C13H18N2O4/c1-17-6-2-5-14-13(16)8-15-10-3-4-11-12(7-10)19-9-18-11/h3-4,7,15H,2,5-6,8-9H2,1H3,(H,14,16). The molecule has 2 rings (SSSR count). The third kappa shape index (κ3) is 4.03. The molecular formula is C13H18N2O4. The minimum absolute atomic E-state index is 0.0474. The van der Waals surface area contributed by atoms with Crippen molar-refractivity contribution in [2.24, 2.45) is 0 Å². The molecule has 0 fully saturated rings. The van der Waals surface area contributed by atoms with Crippen LogP contribution in [0.2, 0.25) is 0 Å². The number of fused-ring (bicyclic) bond motifs is 1. The molecule has 6 heteroatoms. The van der Waals surface area contributed by atoms with Gasteiger partial charge in [-0.3, -0.25) is 4.79 Å². The number of carbonyl (C=O) groups is 1. The molecule has 2 N–H and O–H groups in total. The van der Waals surface area contributed by atoms with Gasteiger partial charge in [-0.05, 0) is 18.6 Å². The van der Waals surface area contributed by atoms with Crippen LogP contribution in [0.4, 0.5) is 5.69 Å². The normalized spacial score (nSPS) is 12.3. The molecule has 0 saturated carbocycles. The molecule has 6 nitrogen and oxygen atoms in total.